The molecule has 0 aliphatic carbocycles. The van der Waals surface area contributed by atoms with Gasteiger partial charge in [0, 0.05) is 28.0 Å². The highest BCUT2D eigenvalue weighted by Gasteiger charge is 2.16. The third kappa shape index (κ3) is 6.44. The van der Waals surface area contributed by atoms with Crippen molar-refractivity contribution in [3.05, 3.63) is 224 Å². The lowest BCUT2D eigenvalue weighted by Gasteiger charge is -2.26. The third-order valence-electron chi connectivity index (χ3n) is 10.7. The lowest BCUT2D eigenvalue weighted by atomic mass is 9.97. The lowest BCUT2D eigenvalue weighted by molar-refractivity contribution is 0.631. The summed E-state index contributed by atoms with van der Waals surface area (Å²) in [5, 5.41) is 3.59. The highest BCUT2D eigenvalue weighted by Crippen LogP contribution is 2.40. The third-order valence-corrected chi connectivity index (χ3v) is 10.7. The van der Waals surface area contributed by atoms with Gasteiger partial charge in [0.1, 0.15) is 11.3 Å². The fourth-order valence-corrected chi connectivity index (χ4v) is 7.80. The molecule has 0 radical (unpaired) electrons. The van der Waals surface area contributed by atoms with Gasteiger partial charge in [-0.2, -0.15) is 0 Å². The van der Waals surface area contributed by atoms with E-state index in [0.717, 1.165) is 50.5 Å². The van der Waals surface area contributed by atoms with Crippen LogP contribution in [0.5, 0.6) is 0 Å². The molecule has 0 spiro atoms. The van der Waals surface area contributed by atoms with Crippen LogP contribution >= 0.6 is 0 Å². The molecule has 0 atom stereocenters. The zero-order chi connectivity index (χ0) is 37.3. The quantitative estimate of drug-likeness (QED) is 0.156. The molecule has 2 heteroatoms. The first kappa shape index (κ1) is 33.2. The number of fused-ring (bicyclic) bond motifs is 2. The van der Waals surface area contributed by atoms with Gasteiger partial charge in [-0.3, -0.25) is 0 Å². The maximum Gasteiger partial charge on any atom is 0.135 e. The number of anilines is 3. The second-order valence-corrected chi connectivity index (χ2v) is 14.2. The van der Waals surface area contributed by atoms with Crippen molar-refractivity contribution < 1.29 is 4.42 Å². The van der Waals surface area contributed by atoms with E-state index >= 15 is 0 Å². The number of hydrogen-bond acceptors (Lipinski definition) is 2. The molecule has 2 nitrogen and oxygen atoms in total. The highest BCUT2D eigenvalue weighted by molar-refractivity contribution is 5.97. The number of furan rings is 1. The van der Waals surface area contributed by atoms with E-state index in [9.17, 15) is 0 Å². The van der Waals surface area contributed by atoms with Crippen molar-refractivity contribution in [1.29, 1.82) is 0 Å². The topological polar surface area (TPSA) is 16.4 Å². The Labute approximate surface area is 327 Å². The Morgan fingerprint density at radius 1 is 0.286 bits per heavy atom. The molecular weight excluding hydrogens is 679 g/mol. The average molecular weight is 716 g/mol. The summed E-state index contributed by atoms with van der Waals surface area (Å²) in [6.07, 6.45) is 0. The summed E-state index contributed by atoms with van der Waals surface area (Å²) in [7, 11) is 0. The van der Waals surface area contributed by atoms with Crippen LogP contribution in [-0.4, -0.2) is 0 Å². The monoisotopic (exact) mass is 715 g/mol. The molecule has 10 aromatic rings. The van der Waals surface area contributed by atoms with E-state index in [-0.39, 0.29) is 0 Å². The normalized spacial score (nSPS) is 11.2. The fourth-order valence-electron chi connectivity index (χ4n) is 7.80. The summed E-state index contributed by atoms with van der Waals surface area (Å²) in [5.41, 5.74) is 14.7. The molecule has 264 valence electrons. The Hall–Kier alpha value is -7.42. The minimum absolute atomic E-state index is 0.873. The lowest BCUT2D eigenvalue weighted by Crippen LogP contribution is -2.10. The van der Waals surface area contributed by atoms with Crippen LogP contribution < -0.4 is 4.90 Å². The standard InChI is InChI=1S/C54H37NO/c1-2-11-38(12-3-1)39-23-25-40(26-24-39)41-27-31-48(32-28-41)55(50-19-9-17-45(36-50)52-21-10-15-43-13-4-6-20-51(43)52)49-33-29-42(30-34-49)44-16-8-18-46(35-44)54-37-47-14-5-7-22-53(47)56-54/h1-37H. The van der Waals surface area contributed by atoms with Crippen molar-refractivity contribution in [2.24, 2.45) is 0 Å². The van der Waals surface area contributed by atoms with Crippen molar-refractivity contribution in [3.8, 4) is 55.8 Å². The maximum absolute atomic E-state index is 6.21. The molecular formula is C54H37NO. The van der Waals surface area contributed by atoms with Crippen LogP contribution in [-0.2, 0) is 0 Å². The van der Waals surface area contributed by atoms with Gasteiger partial charge in [0.15, 0.2) is 0 Å². The van der Waals surface area contributed by atoms with Crippen molar-refractivity contribution in [3.63, 3.8) is 0 Å². The van der Waals surface area contributed by atoms with E-state index in [1.54, 1.807) is 0 Å². The minimum Gasteiger partial charge on any atom is -0.456 e. The summed E-state index contributed by atoms with van der Waals surface area (Å²) in [6.45, 7) is 0. The number of para-hydroxylation sites is 1. The second kappa shape index (κ2) is 14.4. The Morgan fingerprint density at radius 3 is 1.50 bits per heavy atom. The Bertz CT molecular complexity index is 2900. The SMILES string of the molecule is c1ccc(-c2ccc(-c3ccc(N(c4ccc(-c5cccc(-c6cc7ccccc7o6)c5)cc4)c4cccc(-c5cccc6ccccc56)c4)cc3)cc2)cc1. The number of nitrogens with zero attached hydrogens (tertiary/aromatic N) is 1. The van der Waals surface area contributed by atoms with Crippen LogP contribution in [0.3, 0.4) is 0 Å². The first-order valence-electron chi connectivity index (χ1n) is 19.1. The van der Waals surface area contributed by atoms with Crippen LogP contribution in [0.15, 0.2) is 229 Å². The Morgan fingerprint density at radius 2 is 0.786 bits per heavy atom. The molecule has 0 bridgehead atoms. The van der Waals surface area contributed by atoms with Crippen molar-refractivity contribution in [2.75, 3.05) is 4.90 Å². The van der Waals surface area contributed by atoms with Gasteiger partial charge in [0.25, 0.3) is 0 Å². The largest absolute Gasteiger partial charge is 0.456 e. The summed E-state index contributed by atoms with van der Waals surface area (Å²) >= 11 is 0. The molecule has 56 heavy (non-hydrogen) atoms. The van der Waals surface area contributed by atoms with Gasteiger partial charge in [-0.25, -0.2) is 0 Å². The predicted molar refractivity (Wildman–Crippen MR) is 236 cm³/mol. The first-order valence-corrected chi connectivity index (χ1v) is 19.1. The van der Waals surface area contributed by atoms with Crippen molar-refractivity contribution in [2.45, 2.75) is 0 Å². The van der Waals surface area contributed by atoms with Crippen LogP contribution in [0.2, 0.25) is 0 Å². The summed E-state index contributed by atoms with van der Waals surface area (Å²) in [5.74, 6) is 0.873. The number of benzene rings is 9. The zero-order valence-corrected chi connectivity index (χ0v) is 30.7. The number of rotatable bonds is 8. The van der Waals surface area contributed by atoms with E-state index in [2.05, 4.69) is 211 Å². The summed E-state index contributed by atoms with van der Waals surface area (Å²) < 4.78 is 6.21. The molecule has 0 aliphatic rings. The molecule has 1 heterocycles. The molecule has 10 rings (SSSR count). The van der Waals surface area contributed by atoms with E-state index < -0.39 is 0 Å². The molecule has 0 N–H and O–H groups in total. The molecule has 0 unspecified atom stereocenters. The maximum atomic E-state index is 6.21. The van der Waals surface area contributed by atoms with Gasteiger partial charge in [-0.1, -0.05) is 170 Å². The van der Waals surface area contributed by atoms with Crippen LogP contribution in [0.25, 0.3) is 77.6 Å². The minimum atomic E-state index is 0.873. The second-order valence-electron chi connectivity index (χ2n) is 14.2. The Balaban J connectivity index is 1.01. The summed E-state index contributed by atoms with van der Waals surface area (Å²) in [6, 6.07) is 80.1. The molecule has 1 aromatic heterocycles. The van der Waals surface area contributed by atoms with Gasteiger partial charge in [-0.05, 0) is 110 Å². The van der Waals surface area contributed by atoms with Crippen molar-refractivity contribution >= 4 is 38.8 Å². The van der Waals surface area contributed by atoms with E-state index in [1.807, 2.05) is 18.2 Å². The molecule has 9 aromatic carbocycles. The molecule has 0 amide bonds. The zero-order valence-electron chi connectivity index (χ0n) is 30.7. The van der Waals surface area contributed by atoms with E-state index in [1.165, 1.54) is 44.2 Å². The molecule has 0 aliphatic heterocycles. The smallest absolute Gasteiger partial charge is 0.135 e. The highest BCUT2D eigenvalue weighted by atomic mass is 16.3. The van der Waals surface area contributed by atoms with E-state index in [0.29, 0.717) is 0 Å². The first-order chi connectivity index (χ1) is 27.7. The molecule has 0 saturated carbocycles. The van der Waals surface area contributed by atoms with Gasteiger partial charge in [0.2, 0.25) is 0 Å². The van der Waals surface area contributed by atoms with Gasteiger partial charge < -0.3 is 9.32 Å². The predicted octanol–water partition coefficient (Wildman–Crippen LogP) is 15.4. The Kier molecular flexibility index (Phi) is 8.55. The number of hydrogen-bond donors (Lipinski definition) is 0. The van der Waals surface area contributed by atoms with Gasteiger partial charge in [0.05, 0.1) is 0 Å². The average Bonchev–Trinajstić information content (AvgIpc) is 3.72. The van der Waals surface area contributed by atoms with Crippen LogP contribution in [0.1, 0.15) is 0 Å². The van der Waals surface area contributed by atoms with Gasteiger partial charge in [-0.15, -0.1) is 0 Å². The molecule has 0 fully saturated rings. The van der Waals surface area contributed by atoms with Gasteiger partial charge >= 0.3 is 0 Å². The fraction of sp³-hybridized carbons (Fsp3) is 0. The summed E-state index contributed by atoms with van der Waals surface area (Å²) in [4.78, 5) is 2.35. The van der Waals surface area contributed by atoms with Crippen LogP contribution in [0.4, 0.5) is 17.1 Å². The van der Waals surface area contributed by atoms with Crippen molar-refractivity contribution in [1.82, 2.24) is 0 Å². The van der Waals surface area contributed by atoms with E-state index in [4.69, 9.17) is 4.42 Å². The molecule has 0 saturated heterocycles. The van der Waals surface area contributed by atoms with Crippen LogP contribution in [0, 0.1) is 0 Å².